The third kappa shape index (κ3) is 3.00. The zero-order chi connectivity index (χ0) is 16.2. The summed E-state index contributed by atoms with van der Waals surface area (Å²) in [6.07, 6.45) is 9.00. The summed E-state index contributed by atoms with van der Waals surface area (Å²) in [5.74, 6) is -0.115. The van der Waals surface area contributed by atoms with Crippen molar-refractivity contribution < 1.29 is 10.2 Å². The molecule has 1 aliphatic carbocycles. The van der Waals surface area contributed by atoms with E-state index in [-0.39, 0.29) is 11.5 Å². The number of aromatic hydroxyl groups is 2. The number of nitrogens with zero attached hydrogens (tertiary/aromatic N) is 1. The summed E-state index contributed by atoms with van der Waals surface area (Å²) in [5, 5.41) is 21.7. The molecule has 0 amide bonds. The largest absolute Gasteiger partial charge is 0.504 e. The molecule has 0 saturated heterocycles. The normalized spacial score (nSPS) is 14.7. The zero-order valence-corrected chi connectivity index (χ0v) is 13.8. The molecule has 122 valence electrons. The monoisotopic (exact) mass is 311 g/mol. The molecule has 0 atom stereocenters. The minimum Gasteiger partial charge on any atom is -0.504 e. The van der Waals surface area contributed by atoms with E-state index in [0.717, 1.165) is 22.8 Å². The molecule has 0 radical (unpaired) electrons. The van der Waals surface area contributed by atoms with Gasteiger partial charge in [-0.15, -0.1) is 0 Å². The molecule has 0 bridgehead atoms. The fourth-order valence-electron chi connectivity index (χ4n) is 3.51. The fourth-order valence-corrected chi connectivity index (χ4v) is 3.51. The highest BCUT2D eigenvalue weighted by Crippen LogP contribution is 2.39. The highest BCUT2D eigenvalue weighted by atomic mass is 16.3. The first-order valence-corrected chi connectivity index (χ1v) is 8.66. The van der Waals surface area contributed by atoms with Crippen LogP contribution in [0.5, 0.6) is 11.5 Å². The predicted octanol–water partition coefficient (Wildman–Crippen LogP) is 5.57. The van der Waals surface area contributed by atoms with E-state index in [1.165, 1.54) is 44.6 Å². The van der Waals surface area contributed by atoms with E-state index < -0.39 is 0 Å². The fraction of sp³-hybridized carbons (Fsp3) is 0.400. The van der Waals surface area contributed by atoms with Crippen molar-refractivity contribution in [3.8, 4) is 11.5 Å². The maximum Gasteiger partial charge on any atom is 0.182 e. The van der Waals surface area contributed by atoms with Crippen LogP contribution in [0.1, 0.15) is 45.4 Å². The molecule has 0 spiro atoms. The first-order valence-electron chi connectivity index (χ1n) is 8.66. The van der Waals surface area contributed by atoms with E-state index in [1.807, 2.05) is 41.8 Å². The molecule has 4 rings (SSSR count). The first kappa shape index (κ1) is 15.7. The number of aromatic nitrogens is 1. The molecular formula is C20H25NO2. The Hall–Kier alpha value is -2.16. The Balaban J connectivity index is 0.000000220. The molecule has 3 heteroatoms. The maximum absolute atomic E-state index is 10.0. The Morgan fingerprint density at radius 3 is 2.04 bits per heavy atom. The van der Waals surface area contributed by atoms with Gasteiger partial charge in [-0.2, -0.15) is 0 Å². The lowest BCUT2D eigenvalue weighted by Crippen LogP contribution is -1.93. The van der Waals surface area contributed by atoms with E-state index in [4.69, 9.17) is 0 Å². The molecule has 1 saturated carbocycles. The van der Waals surface area contributed by atoms with Gasteiger partial charge in [0.25, 0.3) is 0 Å². The molecule has 1 aromatic heterocycles. The van der Waals surface area contributed by atoms with E-state index >= 15 is 0 Å². The number of phenols is 2. The highest BCUT2D eigenvalue weighted by Gasteiger charge is 2.14. The minimum atomic E-state index is -0.0741. The number of phenolic OH excluding ortho intramolecular Hbond substituents is 2. The highest BCUT2D eigenvalue weighted by molar-refractivity contribution is 6.10. The molecule has 2 aromatic carbocycles. The number of para-hydroxylation sites is 1. The lowest BCUT2D eigenvalue weighted by Gasteiger charge is -2.05. The quantitative estimate of drug-likeness (QED) is 0.577. The third-order valence-corrected chi connectivity index (χ3v) is 4.70. The van der Waals surface area contributed by atoms with Crippen LogP contribution in [0.2, 0.25) is 0 Å². The summed E-state index contributed by atoms with van der Waals surface area (Å²) in [7, 11) is 0. The first-order chi connectivity index (χ1) is 11.2. The molecule has 2 N–H and O–H groups in total. The number of benzene rings is 2. The van der Waals surface area contributed by atoms with Gasteiger partial charge >= 0.3 is 0 Å². The van der Waals surface area contributed by atoms with E-state index in [2.05, 4.69) is 0 Å². The molecular weight excluding hydrogens is 286 g/mol. The SMILES string of the molecule is C1CCCCC1.CCn1c2ccccc2c2ccc(O)c(O)c21. The zero-order valence-electron chi connectivity index (χ0n) is 13.8. The maximum atomic E-state index is 10.0. The lowest BCUT2D eigenvalue weighted by atomic mass is 10.0. The molecule has 0 unspecified atom stereocenters. The Bertz CT molecular complexity index is 789. The second-order valence-electron chi connectivity index (χ2n) is 6.21. The van der Waals surface area contributed by atoms with Gasteiger partial charge in [-0.25, -0.2) is 0 Å². The van der Waals surface area contributed by atoms with Crippen molar-refractivity contribution in [1.82, 2.24) is 4.57 Å². The van der Waals surface area contributed by atoms with Gasteiger partial charge in [-0.05, 0) is 25.1 Å². The van der Waals surface area contributed by atoms with Crippen molar-refractivity contribution in [2.45, 2.75) is 52.0 Å². The number of hydrogen-bond donors (Lipinski definition) is 2. The Morgan fingerprint density at radius 2 is 1.43 bits per heavy atom. The smallest absolute Gasteiger partial charge is 0.182 e. The van der Waals surface area contributed by atoms with Crippen molar-refractivity contribution in [3.63, 3.8) is 0 Å². The van der Waals surface area contributed by atoms with Crippen LogP contribution in [0.25, 0.3) is 21.8 Å². The van der Waals surface area contributed by atoms with E-state index in [0.29, 0.717) is 5.52 Å². The van der Waals surface area contributed by atoms with Gasteiger partial charge in [0.15, 0.2) is 11.5 Å². The van der Waals surface area contributed by atoms with Crippen LogP contribution in [-0.4, -0.2) is 14.8 Å². The number of hydrogen-bond acceptors (Lipinski definition) is 2. The second-order valence-corrected chi connectivity index (χ2v) is 6.21. The standard InChI is InChI=1S/C14H13NO2.C6H12/c1-2-15-11-6-4-3-5-9(11)10-7-8-12(16)14(17)13(10)15;1-2-4-6-5-3-1/h3-8,16-17H,2H2,1H3;1-6H2. The molecule has 1 fully saturated rings. The van der Waals surface area contributed by atoms with E-state index in [1.54, 1.807) is 0 Å². The average Bonchev–Trinajstić information content (AvgIpc) is 2.94. The lowest BCUT2D eigenvalue weighted by molar-refractivity contribution is 0.406. The van der Waals surface area contributed by atoms with Crippen LogP contribution >= 0.6 is 0 Å². The molecule has 3 nitrogen and oxygen atoms in total. The summed E-state index contributed by atoms with van der Waals surface area (Å²) < 4.78 is 2.01. The van der Waals surface area contributed by atoms with Crippen molar-refractivity contribution in [3.05, 3.63) is 36.4 Å². The van der Waals surface area contributed by atoms with Crippen LogP contribution < -0.4 is 0 Å². The van der Waals surface area contributed by atoms with Gasteiger partial charge in [0, 0.05) is 22.8 Å². The number of rotatable bonds is 1. The Kier molecular flexibility index (Phi) is 4.75. The molecule has 0 aliphatic heterocycles. The van der Waals surface area contributed by atoms with Crippen molar-refractivity contribution in [2.75, 3.05) is 0 Å². The number of aryl methyl sites for hydroxylation is 1. The minimum absolute atomic E-state index is 0.0412. The van der Waals surface area contributed by atoms with Crippen LogP contribution in [0.4, 0.5) is 0 Å². The Morgan fingerprint density at radius 1 is 0.826 bits per heavy atom. The molecule has 23 heavy (non-hydrogen) atoms. The summed E-state index contributed by atoms with van der Waals surface area (Å²) in [4.78, 5) is 0. The van der Waals surface area contributed by atoms with Crippen LogP contribution in [0.3, 0.4) is 0 Å². The van der Waals surface area contributed by atoms with Gasteiger partial charge in [0.1, 0.15) is 0 Å². The summed E-state index contributed by atoms with van der Waals surface area (Å²) in [6.45, 7) is 2.77. The summed E-state index contributed by atoms with van der Waals surface area (Å²) in [6, 6.07) is 11.4. The van der Waals surface area contributed by atoms with Gasteiger partial charge in [-0.1, -0.05) is 56.7 Å². The number of fused-ring (bicyclic) bond motifs is 3. The molecule has 3 aromatic rings. The van der Waals surface area contributed by atoms with E-state index in [9.17, 15) is 10.2 Å². The second kappa shape index (κ2) is 6.95. The van der Waals surface area contributed by atoms with Crippen molar-refractivity contribution >= 4 is 21.8 Å². The van der Waals surface area contributed by atoms with Crippen LogP contribution in [0.15, 0.2) is 36.4 Å². The molecule has 1 heterocycles. The van der Waals surface area contributed by atoms with Gasteiger partial charge in [-0.3, -0.25) is 0 Å². The Labute approximate surface area is 137 Å². The van der Waals surface area contributed by atoms with Crippen molar-refractivity contribution in [1.29, 1.82) is 0 Å². The van der Waals surface area contributed by atoms with Crippen LogP contribution in [-0.2, 0) is 6.54 Å². The van der Waals surface area contributed by atoms with Gasteiger partial charge in [0.05, 0.1) is 5.52 Å². The molecule has 1 aliphatic rings. The topological polar surface area (TPSA) is 45.4 Å². The predicted molar refractivity (Wildman–Crippen MR) is 96.1 cm³/mol. The van der Waals surface area contributed by atoms with Crippen LogP contribution in [0, 0.1) is 0 Å². The van der Waals surface area contributed by atoms with Crippen molar-refractivity contribution in [2.24, 2.45) is 0 Å². The average molecular weight is 311 g/mol. The summed E-state index contributed by atoms with van der Waals surface area (Å²) in [5.41, 5.74) is 1.78. The van der Waals surface area contributed by atoms with Gasteiger partial charge < -0.3 is 14.8 Å². The summed E-state index contributed by atoms with van der Waals surface area (Å²) >= 11 is 0. The van der Waals surface area contributed by atoms with Gasteiger partial charge in [0.2, 0.25) is 0 Å². The third-order valence-electron chi connectivity index (χ3n) is 4.70.